The molecule has 2 rings (SSSR count). The Morgan fingerprint density at radius 3 is 2.31 bits per heavy atom. The largest absolute Gasteiger partial charge is 0.479 e. The van der Waals surface area contributed by atoms with Gasteiger partial charge in [0.1, 0.15) is 6.61 Å². The number of carboxylic acid groups (broad SMARTS) is 1. The molecule has 6 nitrogen and oxygen atoms in total. The number of nitrogens with one attached hydrogen (secondary N) is 1. The van der Waals surface area contributed by atoms with Crippen molar-refractivity contribution in [2.45, 2.75) is 45.6 Å². The van der Waals surface area contributed by atoms with Crippen molar-refractivity contribution in [2.75, 3.05) is 0 Å². The monoisotopic (exact) mass is 439 g/mol. The summed E-state index contributed by atoms with van der Waals surface area (Å²) in [5.74, 6) is -1.01. The molecule has 2 aromatic rings. The van der Waals surface area contributed by atoms with Crippen molar-refractivity contribution in [1.29, 1.82) is 0 Å². The van der Waals surface area contributed by atoms with Gasteiger partial charge in [0.25, 0.3) is 0 Å². The molecule has 0 aliphatic carbocycles. The van der Waals surface area contributed by atoms with Crippen LogP contribution in [0.5, 0.6) is 0 Å². The van der Waals surface area contributed by atoms with E-state index >= 15 is 0 Å². The van der Waals surface area contributed by atoms with Gasteiger partial charge in [-0.15, -0.1) is 0 Å². The molecule has 0 bridgehead atoms. The van der Waals surface area contributed by atoms with E-state index in [0.717, 1.165) is 11.1 Å². The Morgan fingerprint density at radius 2 is 1.69 bits per heavy atom. The Labute approximate surface area is 179 Å². The van der Waals surface area contributed by atoms with Crippen molar-refractivity contribution in [3.63, 3.8) is 0 Å². The minimum Gasteiger partial charge on any atom is -0.479 e. The fraction of sp³-hybridized carbons (Fsp3) is 0.333. The van der Waals surface area contributed by atoms with Crippen molar-refractivity contribution in [1.82, 2.24) is 5.32 Å². The first-order valence-corrected chi connectivity index (χ1v) is 9.80. The van der Waals surface area contributed by atoms with Crippen LogP contribution in [0.2, 0.25) is 10.0 Å². The second-order valence-corrected chi connectivity index (χ2v) is 7.62. The maximum absolute atomic E-state index is 11.9. The lowest BCUT2D eigenvalue weighted by Crippen LogP contribution is -2.29. The van der Waals surface area contributed by atoms with Gasteiger partial charge in [-0.05, 0) is 48.7 Å². The SMILES string of the molecule is CC(C)OC(Cc1cccc(CNC(=O)OCc2cc(Cl)cc(Cl)c2)c1)C(=O)O. The minimum atomic E-state index is -1.01. The zero-order chi connectivity index (χ0) is 21.4. The van der Waals surface area contributed by atoms with Crippen LogP contribution in [0.15, 0.2) is 42.5 Å². The molecule has 0 heterocycles. The Bertz CT molecular complexity index is 836. The summed E-state index contributed by atoms with van der Waals surface area (Å²) in [5.41, 5.74) is 2.31. The Kier molecular flexibility index (Phi) is 8.76. The lowest BCUT2D eigenvalue weighted by atomic mass is 10.0. The number of ether oxygens (including phenoxy) is 2. The maximum atomic E-state index is 11.9. The van der Waals surface area contributed by atoms with E-state index in [0.29, 0.717) is 15.6 Å². The van der Waals surface area contributed by atoms with Crippen LogP contribution >= 0.6 is 23.2 Å². The van der Waals surface area contributed by atoms with E-state index in [1.54, 1.807) is 38.1 Å². The quantitative estimate of drug-likeness (QED) is 0.583. The van der Waals surface area contributed by atoms with Gasteiger partial charge < -0.3 is 19.9 Å². The molecule has 2 aromatic carbocycles. The van der Waals surface area contributed by atoms with E-state index in [9.17, 15) is 14.7 Å². The van der Waals surface area contributed by atoms with Crippen molar-refractivity contribution < 1.29 is 24.2 Å². The summed E-state index contributed by atoms with van der Waals surface area (Å²) in [7, 11) is 0. The number of alkyl carbamates (subject to hydrolysis) is 1. The molecule has 0 aromatic heterocycles. The minimum absolute atomic E-state index is 0.0407. The average molecular weight is 440 g/mol. The number of hydrogen-bond acceptors (Lipinski definition) is 4. The van der Waals surface area contributed by atoms with Crippen LogP contribution in [0.3, 0.4) is 0 Å². The molecule has 8 heteroatoms. The number of carbonyl (C=O) groups excluding carboxylic acids is 1. The smallest absolute Gasteiger partial charge is 0.407 e. The van der Waals surface area contributed by atoms with Gasteiger partial charge >= 0.3 is 12.1 Å². The van der Waals surface area contributed by atoms with Crippen LogP contribution in [0.25, 0.3) is 0 Å². The molecule has 0 saturated carbocycles. The van der Waals surface area contributed by atoms with E-state index in [4.69, 9.17) is 32.7 Å². The highest BCUT2D eigenvalue weighted by atomic mass is 35.5. The summed E-state index contributed by atoms with van der Waals surface area (Å²) >= 11 is 11.8. The molecular formula is C21H23Cl2NO5. The molecule has 156 valence electrons. The molecule has 2 N–H and O–H groups in total. The highest BCUT2D eigenvalue weighted by Crippen LogP contribution is 2.19. The molecule has 0 spiro atoms. The third kappa shape index (κ3) is 8.31. The Morgan fingerprint density at radius 1 is 1.03 bits per heavy atom. The van der Waals surface area contributed by atoms with Gasteiger partial charge in [-0.2, -0.15) is 0 Å². The summed E-state index contributed by atoms with van der Waals surface area (Å²) in [6, 6.07) is 12.2. The zero-order valence-electron chi connectivity index (χ0n) is 16.2. The van der Waals surface area contributed by atoms with Crippen LogP contribution in [-0.4, -0.2) is 29.4 Å². The molecule has 0 radical (unpaired) electrons. The van der Waals surface area contributed by atoms with Crippen LogP contribution in [0, 0.1) is 0 Å². The van der Waals surface area contributed by atoms with Gasteiger partial charge in [0.05, 0.1) is 6.10 Å². The van der Waals surface area contributed by atoms with E-state index in [1.165, 1.54) is 0 Å². The summed E-state index contributed by atoms with van der Waals surface area (Å²) in [6.45, 7) is 3.86. The molecule has 0 aliphatic heterocycles. The zero-order valence-corrected chi connectivity index (χ0v) is 17.7. The summed E-state index contributed by atoms with van der Waals surface area (Å²) in [4.78, 5) is 23.3. The number of amides is 1. The third-order valence-corrected chi connectivity index (χ3v) is 4.29. The predicted molar refractivity (Wildman–Crippen MR) is 111 cm³/mol. The van der Waals surface area contributed by atoms with Crippen LogP contribution in [0.4, 0.5) is 4.79 Å². The molecule has 0 aliphatic rings. The maximum Gasteiger partial charge on any atom is 0.407 e. The fourth-order valence-electron chi connectivity index (χ4n) is 2.67. The van der Waals surface area contributed by atoms with Gasteiger partial charge in [0.15, 0.2) is 6.10 Å². The molecule has 0 fully saturated rings. The van der Waals surface area contributed by atoms with Crippen molar-refractivity contribution in [2.24, 2.45) is 0 Å². The predicted octanol–water partition coefficient (Wildman–Crippen LogP) is 4.84. The number of benzene rings is 2. The second kappa shape index (κ2) is 11.0. The fourth-order valence-corrected chi connectivity index (χ4v) is 3.24. The van der Waals surface area contributed by atoms with E-state index in [2.05, 4.69) is 5.32 Å². The summed E-state index contributed by atoms with van der Waals surface area (Å²) < 4.78 is 10.6. The Hall–Kier alpha value is -2.28. The Balaban J connectivity index is 1.87. The van der Waals surface area contributed by atoms with Gasteiger partial charge in [-0.25, -0.2) is 9.59 Å². The van der Waals surface area contributed by atoms with Crippen molar-refractivity contribution >= 4 is 35.3 Å². The van der Waals surface area contributed by atoms with Crippen LogP contribution < -0.4 is 5.32 Å². The first kappa shape index (κ1) is 23.0. The molecule has 29 heavy (non-hydrogen) atoms. The van der Waals surface area contributed by atoms with E-state index < -0.39 is 18.2 Å². The third-order valence-electron chi connectivity index (χ3n) is 3.85. The van der Waals surface area contributed by atoms with E-state index in [-0.39, 0.29) is 25.7 Å². The van der Waals surface area contributed by atoms with Crippen molar-refractivity contribution in [3.05, 3.63) is 69.2 Å². The number of hydrogen-bond donors (Lipinski definition) is 2. The van der Waals surface area contributed by atoms with Gasteiger partial charge in [-0.1, -0.05) is 47.5 Å². The number of rotatable bonds is 9. The topological polar surface area (TPSA) is 84.9 Å². The van der Waals surface area contributed by atoms with Gasteiger partial charge in [0.2, 0.25) is 0 Å². The lowest BCUT2D eigenvalue weighted by Gasteiger charge is -2.17. The molecule has 0 saturated heterocycles. The van der Waals surface area contributed by atoms with Gasteiger partial charge in [-0.3, -0.25) is 0 Å². The second-order valence-electron chi connectivity index (χ2n) is 6.74. The molecule has 1 amide bonds. The van der Waals surface area contributed by atoms with E-state index in [1.807, 2.05) is 18.2 Å². The number of halogens is 2. The first-order chi connectivity index (χ1) is 13.7. The van der Waals surface area contributed by atoms with Crippen molar-refractivity contribution in [3.8, 4) is 0 Å². The van der Waals surface area contributed by atoms with Gasteiger partial charge in [0, 0.05) is 23.0 Å². The number of carboxylic acids is 1. The molecular weight excluding hydrogens is 417 g/mol. The normalized spacial score (nSPS) is 11.9. The number of aliphatic carboxylic acids is 1. The first-order valence-electron chi connectivity index (χ1n) is 9.04. The average Bonchev–Trinajstić information content (AvgIpc) is 2.63. The highest BCUT2D eigenvalue weighted by Gasteiger charge is 2.20. The molecule has 1 unspecified atom stereocenters. The summed E-state index contributed by atoms with van der Waals surface area (Å²) in [6.07, 6.45) is -1.46. The summed E-state index contributed by atoms with van der Waals surface area (Å²) in [5, 5.41) is 12.9. The highest BCUT2D eigenvalue weighted by molar-refractivity contribution is 6.34. The van der Waals surface area contributed by atoms with Crippen LogP contribution in [0.1, 0.15) is 30.5 Å². The van der Waals surface area contributed by atoms with Crippen LogP contribution in [-0.2, 0) is 33.8 Å². The number of carbonyl (C=O) groups is 2. The standard InChI is InChI=1S/C21H23Cl2NO5/c1-13(2)29-19(20(25)26)9-14-4-3-5-15(6-14)11-24-21(27)28-12-16-7-17(22)10-18(23)8-16/h3-8,10,13,19H,9,11-12H2,1-2H3,(H,24,27)(H,25,26). The lowest BCUT2D eigenvalue weighted by molar-refractivity contribution is -0.153. The molecule has 1 atom stereocenters.